The Morgan fingerprint density at radius 1 is 1.11 bits per heavy atom. The number of carbonyl (C=O) groups excluding carboxylic acids is 1. The van der Waals surface area contributed by atoms with Gasteiger partial charge in [-0.05, 0) is 73.4 Å². The number of carboxylic acids is 1. The van der Waals surface area contributed by atoms with Crippen LogP contribution in [-0.4, -0.2) is 33.6 Å². The number of nitrogens with zero attached hydrogens (tertiary/aromatic N) is 1. The van der Waals surface area contributed by atoms with Crippen LogP contribution in [-0.2, 0) is 11.2 Å². The predicted molar refractivity (Wildman–Crippen MR) is 152 cm³/mol. The van der Waals surface area contributed by atoms with Crippen LogP contribution in [0.15, 0.2) is 24.3 Å². The van der Waals surface area contributed by atoms with Gasteiger partial charge in [-0.3, -0.25) is 4.79 Å². The molecule has 2 aliphatic rings. The van der Waals surface area contributed by atoms with E-state index in [-0.39, 0.29) is 11.3 Å². The van der Waals surface area contributed by atoms with E-state index < -0.39 is 23.3 Å². The summed E-state index contributed by atoms with van der Waals surface area (Å²) in [5.41, 5.74) is 0.355. The molecule has 2 N–H and O–H groups in total. The molecule has 2 saturated carbocycles. The summed E-state index contributed by atoms with van der Waals surface area (Å²) in [5, 5.41) is 14.4. The number of hydrogen-bond donors (Lipinski definition) is 2. The molecule has 2 aromatic rings. The van der Waals surface area contributed by atoms with Crippen LogP contribution in [0.2, 0.25) is 0 Å². The lowest BCUT2D eigenvalue weighted by Crippen LogP contribution is -2.49. The van der Waals surface area contributed by atoms with Crippen molar-refractivity contribution in [1.82, 2.24) is 10.3 Å². The molecule has 6 nitrogen and oxygen atoms in total. The zero-order valence-corrected chi connectivity index (χ0v) is 24.1. The van der Waals surface area contributed by atoms with E-state index in [4.69, 9.17) is 9.72 Å². The van der Waals surface area contributed by atoms with E-state index in [0.717, 1.165) is 35.1 Å². The van der Waals surface area contributed by atoms with Gasteiger partial charge in [0.15, 0.2) is 0 Å². The predicted octanol–water partition coefficient (Wildman–Crippen LogP) is 7.18. The van der Waals surface area contributed by atoms with Gasteiger partial charge in [0.2, 0.25) is 0 Å². The number of carbonyl (C=O) groups is 2. The Morgan fingerprint density at radius 2 is 1.79 bits per heavy atom. The van der Waals surface area contributed by atoms with Crippen molar-refractivity contribution in [2.45, 2.75) is 111 Å². The first-order chi connectivity index (χ1) is 17.9. The van der Waals surface area contributed by atoms with Crippen LogP contribution in [0.25, 0.3) is 10.8 Å². The highest BCUT2D eigenvalue weighted by atomic mass is 16.5. The minimum absolute atomic E-state index is 0.197. The minimum Gasteiger partial charge on any atom is -0.487 e. The van der Waals surface area contributed by atoms with Gasteiger partial charge in [-0.25, -0.2) is 9.78 Å². The molecular weight excluding hydrogens is 476 g/mol. The summed E-state index contributed by atoms with van der Waals surface area (Å²) in [4.78, 5) is 30.0. The minimum atomic E-state index is -1.05. The Morgan fingerprint density at radius 3 is 2.42 bits per heavy atom. The molecule has 0 saturated heterocycles. The van der Waals surface area contributed by atoms with E-state index in [9.17, 15) is 14.7 Å². The number of rotatable bonds is 8. The van der Waals surface area contributed by atoms with Gasteiger partial charge in [0.1, 0.15) is 23.1 Å². The summed E-state index contributed by atoms with van der Waals surface area (Å²) in [6, 6.07) is 6.92. The Labute approximate surface area is 227 Å². The van der Waals surface area contributed by atoms with Crippen molar-refractivity contribution in [2.75, 3.05) is 0 Å². The fraction of sp³-hybridized carbons (Fsp3) is 0.656. The second-order valence-corrected chi connectivity index (χ2v) is 13.3. The molecule has 0 aliphatic heterocycles. The van der Waals surface area contributed by atoms with E-state index in [1.54, 1.807) is 6.07 Å². The number of amides is 1. The van der Waals surface area contributed by atoms with Gasteiger partial charge < -0.3 is 15.2 Å². The zero-order valence-electron chi connectivity index (χ0n) is 24.1. The van der Waals surface area contributed by atoms with Gasteiger partial charge in [-0.1, -0.05) is 72.8 Å². The third-order valence-corrected chi connectivity index (χ3v) is 8.84. The molecule has 0 spiro atoms. The van der Waals surface area contributed by atoms with Crippen molar-refractivity contribution in [3.05, 3.63) is 35.7 Å². The van der Waals surface area contributed by atoms with Crippen molar-refractivity contribution >= 4 is 22.6 Å². The van der Waals surface area contributed by atoms with E-state index >= 15 is 0 Å². The molecule has 3 atom stereocenters. The molecule has 2 fully saturated rings. The van der Waals surface area contributed by atoms with Crippen molar-refractivity contribution in [3.8, 4) is 5.75 Å². The number of benzene rings is 1. The molecule has 0 radical (unpaired) electrons. The van der Waals surface area contributed by atoms with Crippen molar-refractivity contribution in [2.24, 2.45) is 23.2 Å². The van der Waals surface area contributed by atoms with Gasteiger partial charge in [-0.15, -0.1) is 0 Å². The number of nitrogens with one attached hydrogen (secondary N) is 1. The molecule has 1 amide bonds. The van der Waals surface area contributed by atoms with E-state index in [1.807, 2.05) is 32.9 Å². The van der Waals surface area contributed by atoms with E-state index in [2.05, 4.69) is 32.2 Å². The lowest BCUT2D eigenvalue weighted by atomic mass is 9.71. The van der Waals surface area contributed by atoms with E-state index in [0.29, 0.717) is 17.8 Å². The maximum atomic E-state index is 13.2. The smallest absolute Gasteiger partial charge is 0.326 e. The number of aliphatic carboxylic acids is 1. The third-order valence-electron chi connectivity index (χ3n) is 8.84. The first-order valence-corrected chi connectivity index (χ1v) is 14.5. The second-order valence-electron chi connectivity index (χ2n) is 13.3. The second kappa shape index (κ2) is 11.2. The number of aromatic nitrogens is 1. The average Bonchev–Trinajstić information content (AvgIpc) is 3.34. The molecule has 0 bridgehead atoms. The van der Waals surface area contributed by atoms with Crippen molar-refractivity contribution < 1.29 is 19.4 Å². The van der Waals surface area contributed by atoms with Crippen LogP contribution in [0.4, 0.5) is 0 Å². The number of hydrogen-bond acceptors (Lipinski definition) is 4. The molecule has 1 heterocycles. The van der Waals surface area contributed by atoms with Gasteiger partial charge in [0.25, 0.3) is 5.91 Å². The SMILES string of the molecule is CC(C)[C@@H]1CCCC[C@@]1(C)Oc1ccc2cc(C(=O)N[C@@H](C(=O)O)C(C)(C)C)nc(CC3CCCC3)c2c1. The molecule has 38 heavy (non-hydrogen) atoms. The first-order valence-electron chi connectivity index (χ1n) is 14.5. The highest BCUT2D eigenvalue weighted by Crippen LogP contribution is 2.42. The summed E-state index contributed by atoms with van der Waals surface area (Å²) in [7, 11) is 0. The van der Waals surface area contributed by atoms with Crippen LogP contribution in [0.3, 0.4) is 0 Å². The highest BCUT2D eigenvalue weighted by Gasteiger charge is 2.40. The third kappa shape index (κ3) is 6.32. The fourth-order valence-corrected chi connectivity index (χ4v) is 6.74. The van der Waals surface area contributed by atoms with Crippen molar-refractivity contribution in [1.29, 1.82) is 0 Å². The molecule has 1 aromatic carbocycles. The van der Waals surface area contributed by atoms with E-state index in [1.165, 1.54) is 44.9 Å². The Hall–Kier alpha value is -2.63. The molecular formula is C32H46N2O4. The molecule has 1 aromatic heterocycles. The normalized spacial score (nSPS) is 23.5. The zero-order chi connectivity index (χ0) is 27.7. The number of ether oxygens (including phenoxy) is 1. The van der Waals surface area contributed by atoms with Gasteiger partial charge in [0, 0.05) is 17.0 Å². The Balaban J connectivity index is 1.69. The van der Waals surface area contributed by atoms with Gasteiger partial charge >= 0.3 is 5.97 Å². The first kappa shape index (κ1) is 28.4. The van der Waals surface area contributed by atoms with Crippen LogP contribution >= 0.6 is 0 Å². The Bertz CT molecular complexity index is 1160. The van der Waals surface area contributed by atoms with Gasteiger partial charge in [0.05, 0.1) is 0 Å². The topological polar surface area (TPSA) is 88.5 Å². The number of fused-ring (bicyclic) bond motifs is 1. The highest BCUT2D eigenvalue weighted by molar-refractivity contribution is 5.99. The summed E-state index contributed by atoms with van der Waals surface area (Å²) in [5.74, 6) is 0.990. The maximum Gasteiger partial charge on any atom is 0.326 e. The fourth-order valence-electron chi connectivity index (χ4n) is 6.74. The standard InChI is InChI=1S/C32H46N2O4/c1-20(2)25-13-9-10-16-32(25,6)38-23-15-14-22-18-27(29(35)34-28(30(36)37)31(3,4)5)33-26(24(22)19-23)17-21-11-7-8-12-21/h14-15,18-21,25,28H,7-13,16-17H2,1-6H3,(H,34,35)(H,36,37)/t25-,28-,32+/m0/s1. The molecule has 2 aliphatic carbocycles. The summed E-state index contributed by atoms with van der Waals surface area (Å²) in [6.45, 7) is 12.3. The largest absolute Gasteiger partial charge is 0.487 e. The quantitative estimate of drug-likeness (QED) is 0.383. The van der Waals surface area contributed by atoms with Crippen LogP contribution in [0, 0.1) is 23.2 Å². The molecule has 4 rings (SSSR count). The molecule has 6 heteroatoms. The molecule has 0 unspecified atom stereocenters. The van der Waals surface area contributed by atoms with Crippen molar-refractivity contribution in [3.63, 3.8) is 0 Å². The van der Waals surface area contributed by atoms with Crippen LogP contribution < -0.4 is 10.1 Å². The lowest BCUT2D eigenvalue weighted by Gasteiger charge is -2.43. The summed E-state index contributed by atoms with van der Waals surface area (Å²) in [6.07, 6.45) is 10.3. The molecule has 208 valence electrons. The number of carboxylic acid groups (broad SMARTS) is 1. The van der Waals surface area contributed by atoms with Crippen LogP contribution in [0.5, 0.6) is 5.75 Å². The summed E-state index contributed by atoms with van der Waals surface area (Å²) >= 11 is 0. The monoisotopic (exact) mass is 522 g/mol. The Kier molecular flexibility index (Phi) is 8.39. The summed E-state index contributed by atoms with van der Waals surface area (Å²) < 4.78 is 6.77. The van der Waals surface area contributed by atoms with Crippen LogP contribution in [0.1, 0.15) is 109 Å². The lowest BCUT2D eigenvalue weighted by molar-refractivity contribution is -0.142. The average molecular weight is 523 g/mol. The number of pyridine rings is 1. The maximum absolute atomic E-state index is 13.2. The van der Waals surface area contributed by atoms with Gasteiger partial charge in [-0.2, -0.15) is 0 Å².